The van der Waals surface area contributed by atoms with E-state index in [2.05, 4.69) is 12.1 Å². The molecule has 1 aliphatic carbocycles. The Balaban J connectivity index is 2.25. The van der Waals surface area contributed by atoms with Crippen LogP contribution in [0.25, 0.3) is 21.7 Å². The molecule has 0 aliphatic heterocycles. The molecule has 1 N–H and O–H groups in total. The highest BCUT2D eigenvalue weighted by Gasteiger charge is 2.24. The lowest BCUT2D eigenvalue weighted by Crippen LogP contribution is -2.14. The molecule has 1 aromatic heterocycles. The highest BCUT2D eigenvalue weighted by molar-refractivity contribution is 6.10. The molecule has 3 aromatic rings. The van der Waals surface area contributed by atoms with Crippen molar-refractivity contribution in [1.29, 1.82) is 0 Å². The zero-order chi connectivity index (χ0) is 13.7. The largest absolute Gasteiger partial charge is 0.464 e. The second kappa shape index (κ2) is 4.10. The van der Waals surface area contributed by atoms with Crippen LogP contribution in [0.3, 0.4) is 0 Å². The van der Waals surface area contributed by atoms with Crippen molar-refractivity contribution in [1.82, 2.24) is 4.57 Å². The summed E-state index contributed by atoms with van der Waals surface area (Å²) in [5.41, 5.74) is 3.09. The lowest BCUT2D eigenvalue weighted by Gasteiger charge is -2.13. The Kier molecular flexibility index (Phi) is 2.36. The van der Waals surface area contributed by atoms with Crippen LogP contribution in [-0.4, -0.2) is 15.8 Å². The lowest BCUT2D eigenvalue weighted by molar-refractivity contribution is 0.196. The molecular weight excluding hydrogens is 250 g/mol. The maximum atomic E-state index is 11.8. The van der Waals surface area contributed by atoms with E-state index in [9.17, 15) is 9.90 Å². The van der Waals surface area contributed by atoms with Crippen LogP contribution in [0.4, 0.5) is 4.79 Å². The Labute approximate surface area is 116 Å². The van der Waals surface area contributed by atoms with Gasteiger partial charge in [-0.3, -0.25) is 0 Å². The van der Waals surface area contributed by atoms with Crippen molar-refractivity contribution in [3.8, 4) is 0 Å². The van der Waals surface area contributed by atoms with Gasteiger partial charge in [0.2, 0.25) is 0 Å². The summed E-state index contributed by atoms with van der Waals surface area (Å²) in [4.78, 5) is 11.8. The second-order valence-electron chi connectivity index (χ2n) is 5.43. The first kappa shape index (κ1) is 11.5. The number of rotatable bonds is 0. The summed E-state index contributed by atoms with van der Waals surface area (Å²) in [7, 11) is 0. The molecular formula is C17H15NO2. The second-order valence-corrected chi connectivity index (χ2v) is 5.43. The number of aryl methyl sites for hydroxylation is 1. The smallest absolute Gasteiger partial charge is 0.416 e. The number of hydrogen-bond acceptors (Lipinski definition) is 1. The summed E-state index contributed by atoms with van der Waals surface area (Å²) < 4.78 is 1.52. The summed E-state index contributed by atoms with van der Waals surface area (Å²) in [6.07, 6.45) is 3.22. The van der Waals surface area contributed by atoms with E-state index in [0.717, 1.165) is 53.1 Å². The zero-order valence-electron chi connectivity index (χ0n) is 11.1. The van der Waals surface area contributed by atoms with E-state index in [4.69, 9.17) is 0 Å². The molecule has 1 heterocycles. The van der Waals surface area contributed by atoms with E-state index >= 15 is 0 Å². The van der Waals surface area contributed by atoms with Crippen LogP contribution < -0.4 is 0 Å². The molecule has 0 unspecified atom stereocenters. The SMILES string of the molecule is O=C(O)n1c2c(c3ccc4ccccc4c31)CCCC2. The van der Waals surface area contributed by atoms with E-state index in [1.54, 1.807) is 0 Å². The molecule has 1 aliphatic rings. The lowest BCUT2D eigenvalue weighted by atomic mass is 9.95. The number of benzene rings is 2. The molecule has 0 radical (unpaired) electrons. The first-order valence-corrected chi connectivity index (χ1v) is 7.04. The van der Waals surface area contributed by atoms with Crippen LogP contribution >= 0.6 is 0 Å². The number of carbonyl (C=O) groups is 1. The Morgan fingerprint density at radius 1 is 1.00 bits per heavy atom. The van der Waals surface area contributed by atoms with Gasteiger partial charge >= 0.3 is 6.09 Å². The fourth-order valence-corrected chi connectivity index (χ4v) is 3.51. The third-order valence-corrected chi connectivity index (χ3v) is 4.35. The molecule has 4 rings (SSSR count). The molecule has 0 saturated heterocycles. The minimum absolute atomic E-state index is 0.863. The van der Waals surface area contributed by atoms with Gasteiger partial charge in [-0.25, -0.2) is 9.36 Å². The highest BCUT2D eigenvalue weighted by Crippen LogP contribution is 2.35. The van der Waals surface area contributed by atoms with Crippen molar-refractivity contribution in [3.05, 3.63) is 47.7 Å². The Bertz CT molecular complexity index is 845. The predicted octanol–water partition coefficient (Wildman–Crippen LogP) is 4.20. The first-order chi connectivity index (χ1) is 9.77. The molecule has 0 fully saturated rings. The number of fused-ring (bicyclic) bond motifs is 5. The standard InChI is InChI=1S/C17H15NO2/c19-17(20)18-15-8-4-3-7-13(15)14-10-9-11-5-1-2-6-12(11)16(14)18/h1-2,5-6,9-10H,3-4,7-8H2,(H,19,20). The number of hydrogen-bond donors (Lipinski definition) is 1. The third kappa shape index (κ3) is 1.43. The van der Waals surface area contributed by atoms with Crippen molar-refractivity contribution >= 4 is 27.8 Å². The van der Waals surface area contributed by atoms with Gasteiger partial charge in [0.15, 0.2) is 0 Å². The summed E-state index contributed by atoms with van der Waals surface area (Å²) in [5, 5.41) is 12.9. The molecule has 3 nitrogen and oxygen atoms in total. The molecule has 0 spiro atoms. The van der Waals surface area contributed by atoms with Crippen LogP contribution in [0.5, 0.6) is 0 Å². The number of nitrogens with zero attached hydrogens (tertiary/aromatic N) is 1. The molecule has 0 saturated carbocycles. The minimum atomic E-state index is -0.866. The fourth-order valence-electron chi connectivity index (χ4n) is 3.51. The van der Waals surface area contributed by atoms with Crippen molar-refractivity contribution in [2.24, 2.45) is 0 Å². The van der Waals surface area contributed by atoms with Gasteiger partial charge in [0.25, 0.3) is 0 Å². The van der Waals surface area contributed by atoms with Gasteiger partial charge in [-0.05, 0) is 36.6 Å². The van der Waals surface area contributed by atoms with Gasteiger partial charge < -0.3 is 5.11 Å². The van der Waals surface area contributed by atoms with Crippen molar-refractivity contribution < 1.29 is 9.90 Å². The monoisotopic (exact) mass is 265 g/mol. The Morgan fingerprint density at radius 3 is 2.65 bits per heavy atom. The number of aromatic nitrogens is 1. The normalized spacial score (nSPS) is 14.6. The third-order valence-electron chi connectivity index (χ3n) is 4.35. The molecule has 2 aromatic carbocycles. The van der Waals surface area contributed by atoms with Gasteiger partial charge in [0.1, 0.15) is 0 Å². The minimum Gasteiger partial charge on any atom is -0.464 e. The summed E-state index contributed by atoms with van der Waals surface area (Å²) in [6.45, 7) is 0. The zero-order valence-corrected chi connectivity index (χ0v) is 11.1. The van der Waals surface area contributed by atoms with Crippen molar-refractivity contribution in [2.75, 3.05) is 0 Å². The molecule has 100 valence electrons. The first-order valence-electron chi connectivity index (χ1n) is 7.04. The maximum absolute atomic E-state index is 11.8. The van der Waals surface area contributed by atoms with Crippen molar-refractivity contribution in [2.45, 2.75) is 25.7 Å². The summed E-state index contributed by atoms with van der Waals surface area (Å²) in [6, 6.07) is 12.2. The highest BCUT2D eigenvalue weighted by atomic mass is 16.4. The van der Waals surface area contributed by atoms with Crippen LogP contribution in [0.2, 0.25) is 0 Å². The number of carboxylic acid groups (broad SMARTS) is 1. The van der Waals surface area contributed by atoms with Crippen LogP contribution in [0.15, 0.2) is 36.4 Å². The van der Waals surface area contributed by atoms with E-state index < -0.39 is 6.09 Å². The maximum Gasteiger partial charge on any atom is 0.416 e. The van der Waals surface area contributed by atoms with Gasteiger partial charge in [-0.2, -0.15) is 0 Å². The molecule has 3 heteroatoms. The quantitative estimate of drug-likeness (QED) is 0.662. The van der Waals surface area contributed by atoms with Crippen LogP contribution in [0.1, 0.15) is 24.1 Å². The average Bonchev–Trinajstić information content (AvgIpc) is 2.82. The van der Waals surface area contributed by atoms with Gasteiger partial charge in [0, 0.05) is 16.5 Å². The summed E-state index contributed by atoms with van der Waals surface area (Å²) >= 11 is 0. The van der Waals surface area contributed by atoms with Gasteiger partial charge in [0.05, 0.1) is 5.52 Å². The van der Waals surface area contributed by atoms with E-state index in [0.29, 0.717) is 0 Å². The predicted molar refractivity (Wildman–Crippen MR) is 79.5 cm³/mol. The fraction of sp³-hybridized carbons (Fsp3) is 0.235. The van der Waals surface area contributed by atoms with E-state index in [1.807, 2.05) is 24.3 Å². The summed E-state index contributed by atoms with van der Waals surface area (Å²) in [5.74, 6) is 0. The average molecular weight is 265 g/mol. The van der Waals surface area contributed by atoms with Crippen molar-refractivity contribution in [3.63, 3.8) is 0 Å². The van der Waals surface area contributed by atoms with Gasteiger partial charge in [-0.15, -0.1) is 0 Å². The Morgan fingerprint density at radius 2 is 1.80 bits per heavy atom. The molecule has 0 bridgehead atoms. The molecule has 0 atom stereocenters. The Hall–Kier alpha value is -2.29. The van der Waals surface area contributed by atoms with Crippen LogP contribution in [0, 0.1) is 0 Å². The van der Waals surface area contributed by atoms with Crippen LogP contribution in [-0.2, 0) is 12.8 Å². The topological polar surface area (TPSA) is 42.2 Å². The molecule has 0 amide bonds. The molecule has 20 heavy (non-hydrogen) atoms. The van der Waals surface area contributed by atoms with E-state index in [1.165, 1.54) is 10.1 Å². The van der Waals surface area contributed by atoms with Gasteiger partial charge in [-0.1, -0.05) is 36.4 Å². The van der Waals surface area contributed by atoms with E-state index in [-0.39, 0.29) is 0 Å².